The maximum atomic E-state index is 11.7. The number of rotatable bonds is 7. The molecule has 2 fully saturated rings. The summed E-state index contributed by atoms with van der Waals surface area (Å²) in [6, 6.07) is 8.35. The smallest absolute Gasteiger partial charge is 0.306 e. The summed E-state index contributed by atoms with van der Waals surface area (Å²) >= 11 is 0. The molecule has 3 rings (SSSR count). The molecule has 0 aromatic heterocycles. The van der Waals surface area contributed by atoms with Crippen molar-refractivity contribution in [1.29, 1.82) is 0 Å². The number of ether oxygens (including phenoxy) is 2. The molecule has 0 heterocycles. The lowest BCUT2D eigenvalue weighted by Crippen LogP contribution is -2.15. The molecule has 3 heteroatoms. The Balaban J connectivity index is 1.61. The molecule has 0 radical (unpaired) electrons. The summed E-state index contributed by atoms with van der Waals surface area (Å²) < 4.78 is 10.9. The van der Waals surface area contributed by atoms with E-state index in [1.165, 1.54) is 57.6 Å². The molecule has 126 valence electrons. The molecule has 0 spiro atoms. The number of carbonyl (C=O) groups excluding carboxylic acids is 1. The van der Waals surface area contributed by atoms with Gasteiger partial charge < -0.3 is 9.47 Å². The van der Waals surface area contributed by atoms with Gasteiger partial charge in [-0.05, 0) is 61.1 Å². The van der Waals surface area contributed by atoms with Gasteiger partial charge in [0.1, 0.15) is 5.75 Å². The maximum absolute atomic E-state index is 11.7. The average molecular weight is 316 g/mol. The summed E-state index contributed by atoms with van der Waals surface area (Å²) in [5, 5.41) is 0. The van der Waals surface area contributed by atoms with Crippen LogP contribution in [-0.4, -0.2) is 19.7 Å². The third-order valence-electron chi connectivity index (χ3n) is 5.30. The van der Waals surface area contributed by atoms with E-state index < -0.39 is 0 Å². The highest BCUT2D eigenvalue weighted by Crippen LogP contribution is 2.45. The van der Waals surface area contributed by atoms with E-state index in [0.29, 0.717) is 18.3 Å². The van der Waals surface area contributed by atoms with Gasteiger partial charge in [0.05, 0.1) is 20.1 Å². The van der Waals surface area contributed by atoms with Crippen molar-refractivity contribution in [2.75, 3.05) is 13.7 Å². The Bertz CT molecular complexity index is 515. The molecule has 1 aromatic rings. The van der Waals surface area contributed by atoms with Gasteiger partial charge in [-0.15, -0.1) is 0 Å². The van der Waals surface area contributed by atoms with Gasteiger partial charge in [-0.25, -0.2) is 0 Å². The zero-order valence-corrected chi connectivity index (χ0v) is 14.1. The van der Waals surface area contributed by atoms with E-state index in [1.807, 2.05) is 6.07 Å². The van der Waals surface area contributed by atoms with Crippen molar-refractivity contribution >= 4 is 5.97 Å². The van der Waals surface area contributed by atoms with E-state index in [1.54, 1.807) is 0 Å². The van der Waals surface area contributed by atoms with Gasteiger partial charge in [-0.3, -0.25) is 4.79 Å². The summed E-state index contributed by atoms with van der Waals surface area (Å²) in [4.78, 5) is 11.7. The van der Waals surface area contributed by atoms with Crippen molar-refractivity contribution < 1.29 is 14.3 Å². The zero-order chi connectivity index (χ0) is 16.1. The molecule has 0 aliphatic heterocycles. The minimum atomic E-state index is -0.115. The lowest BCUT2D eigenvalue weighted by molar-refractivity contribution is -0.141. The normalized spacial score (nSPS) is 20.0. The largest absolute Gasteiger partial charge is 0.493 e. The maximum Gasteiger partial charge on any atom is 0.306 e. The zero-order valence-electron chi connectivity index (χ0n) is 14.1. The first kappa shape index (κ1) is 16.4. The predicted octanol–water partition coefficient (Wildman–Crippen LogP) is 4.70. The number of esters is 1. The van der Waals surface area contributed by atoms with Crippen LogP contribution >= 0.6 is 0 Å². The summed E-state index contributed by atoms with van der Waals surface area (Å²) in [5.41, 5.74) is 1.22. The first-order valence-corrected chi connectivity index (χ1v) is 9.06. The topological polar surface area (TPSA) is 35.5 Å². The molecular weight excluding hydrogens is 288 g/mol. The Morgan fingerprint density at radius 1 is 1.17 bits per heavy atom. The first-order valence-electron chi connectivity index (χ1n) is 9.06. The Labute approximate surface area is 139 Å². The first-order chi connectivity index (χ1) is 11.3. The number of benzene rings is 1. The Morgan fingerprint density at radius 2 is 1.96 bits per heavy atom. The second kappa shape index (κ2) is 7.85. The van der Waals surface area contributed by atoms with Crippen LogP contribution in [0.25, 0.3) is 0 Å². The minimum absolute atomic E-state index is 0.115. The predicted molar refractivity (Wildman–Crippen MR) is 90.6 cm³/mol. The molecular formula is C20H28O3. The Hall–Kier alpha value is -1.51. The molecule has 2 saturated carbocycles. The van der Waals surface area contributed by atoms with Gasteiger partial charge in [-0.1, -0.05) is 31.4 Å². The third-order valence-corrected chi connectivity index (χ3v) is 5.30. The van der Waals surface area contributed by atoms with Crippen LogP contribution in [0.2, 0.25) is 0 Å². The van der Waals surface area contributed by atoms with Gasteiger partial charge in [0.15, 0.2) is 0 Å². The molecule has 1 atom stereocenters. The van der Waals surface area contributed by atoms with Crippen LogP contribution < -0.4 is 4.74 Å². The van der Waals surface area contributed by atoms with Gasteiger partial charge >= 0.3 is 5.97 Å². The van der Waals surface area contributed by atoms with Gasteiger partial charge in [0, 0.05) is 0 Å². The van der Waals surface area contributed by atoms with E-state index in [-0.39, 0.29) is 11.9 Å². The number of hydrogen-bond donors (Lipinski definition) is 0. The SMILES string of the molecule is COC(=O)C[C@H](c1cccc(OCC2CCCCC2)c1)C1CC1. The molecule has 1 aromatic carbocycles. The average Bonchev–Trinajstić information content (AvgIpc) is 3.43. The third kappa shape index (κ3) is 4.73. The molecule has 3 nitrogen and oxygen atoms in total. The monoisotopic (exact) mass is 316 g/mol. The van der Waals surface area contributed by atoms with Crippen LogP contribution in [0.5, 0.6) is 5.75 Å². The molecule has 0 saturated heterocycles. The molecule has 0 unspecified atom stereocenters. The highest BCUT2D eigenvalue weighted by molar-refractivity contribution is 5.70. The van der Waals surface area contributed by atoms with Crippen molar-refractivity contribution in [1.82, 2.24) is 0 Å². The fraction of sp³-hybridized carbons (Fsp3) is 0.650. The lowest BCUT2D eigenvalue weighted by atomic mass is 9.90. The van der Waals surface area contributed by atoms with Gasteiger partial charge in [-0.2, -0.15) is 0 Å². The molecule has 0 N–H and O–H groups in total. The lowest BCUT2D eigenvalue weighted by Gasteiger charge is -2.22. The molecule has 2 aliphatic carbocycles. The van der Waals surface area contributed by atoms with Crippen LogP contribution in [0.15, 0.2) is 24.3 Å². The summed E-state index contributed by atoms with van der Waals surface area (Å²) in [6.45, 7) is 0.828. The van der Waals surface area contributed by atoms with Crippen molar-refractivity contribution in [3.63, 3.8) is 0 Å². The second-order valence-electron chi connectivity index (χ2n) is 7.11. The Morgan fingerprint density at radius 3 is 2.65 bits per heavy atom. The minimum Gasteiger partial charge on any atom is -0.493 e. The molecule has 2 aliphatic rings. The summed E-state index contributed by atoms with van der Waals surface area (Å²) in [7, 11) is 1.47. The van der Waals surface area contributed by atoms with E-state index >= 15 is 0 Å². The number of carbonyl (C=O) groups is 1. The summed E-state index contributed by atoms with van der Waals surface area (Å²) in [6.07, 6.45) is 9.58. The van der Waals surface area contributed by atoms with E-state index in [2.05, 4.69) is 18.2 Å². The highest BCUT2D eigenvalue weighted by atomic mass is 16.5. The van der Waals surface area contributed by atoms with Crippen LogP contribution in [0.4, 0.5) is 0 Å². The fourth-order valence-corrected chi connectivity index (χ4v) is 3.72. The molecule has 23 heavy (non-hydrogen) atoms. The Kier molecular flexibility index (Phi) is 5.58. The fourth-order valence-electron chi connectivity index (χ4n) is 3.72. The van der Waals surface area contributed by atoms with Crippen molar-refractivity contribution in [2.45, 2.75) is 57.3 Å². The standard InChI is InChI=1S/C20H28O3/c1-22-20(21)13-19(16-10-11-16)17-8-5-9-18(12-17)23-14-15-6-3-2-4-7-15/h5,8-9,12,15-16,19H,2-4,6-7,10-11,13-14H2,1H3/t19-/m0/s1. The molecule has 0 bridgehead atoms. The van der Waals surface area contributed by atoms with E-state index in [9.17, 15) is 4.79 Å². The number of hydrogen-bond acceptors (Lipinski definition) is 3. The van der Waals surface area contributed by atoms with Crippen molar-refractivity contribution in [3.05, 3.63) is 29.8 Å². The quantitative estimate of drug-likeness (QED) is 0.684. The van der Waals surface area contributed by atoms with Crippen LogP contribution in [-0.2, 0) is 9.53 Å². The van der Waals surface area contributed by atoms with Gasteiger partial charge in [0.25, 0.3) is 0 Å². The van der Waals surface area contributed by atoms with Crippen molar-refractivity contribution in [2.24, 2.45) is 11.8 Å². The van der Waals surface area contributed by atoms with Crippen molar-refractivity contribution in [3.8, 4) is 5.75 Å². The van der Waals surface area contributed by atoms with Gasteiger partial charge in [0.2, 0.25) is 0 Å². The highest BCUT2D eigenvalue weighted by Gasteiger charge is 2.34. The molecule has 0 amide bonds. The number of methoxy groups -OCH3 is 1. The second-order valence-corrected chi connectivity index (χ2v) is 7.11. The van der Waals surface area contributed by atoms with E-state index in [0.717, 1.165) is 12.4 Å². The van der Waals surface area contributed by atoms with Crippen LogP contribution in [0.1, 0.15) is 62.8 Å². The van der Waals surface area contributed by atoms with E-state index in [4.69, 9.17) is 9.47 Å². The summed E-state index contributed by atoms with van der Waals surface area (Å²) in [5.74, 6) is 2.45. The van der Waals surface area contributed by atoms with Crippen LogP contribution in [0.3, 0.4) is 0 Å². The van der Waals surface area contributed by atoms with Crippen LogP contribution in [0, 0.1) is 11.8 Å².